The second-order valence-corrected chi connectivity index (χ2v) is 6.58. The lowest BCUT2D eigenvalue weighted by atomic mass is 9.93. The minimum absolute atomic E-state index is 0.166. The summed E-state index contributed by atoms with van der Waals surface area (Å²) >= 11 is 0. The number of unbranched alkanes of at least 4 members (excludes halogenated alkanes) is 2. The molecule has 0 radical (unpaired) electrons. The molecule has 0 amide bonds. The zero-order valence-electron chi connectivity index (χ0n) is 15.6. The van der Waals surface area contributed by atoms with Crippen LogP contribution in [-0.4, -0.2) is 11.9 Å². The molecule has 0 spiro atoms. The monoisotopic (exact) mass is 388 g/mol. The Morgan fingerprint density at radius 2 is 1.21 bits per heavy atom. The van der Waals surface area contributed by atoms with Gasteiger partial charge in [0.25, 0.3) is 0 Å². The molecular formula is C20H26F2N6. The number of aliphatic imine (C=N–C) groups is 2. The van der Waals surface area contributed by atoms with Crippen LogP contribution in [0.1, 0.15) is 36.8 Å². The average Bonchev–Trinajstić information content (AvgIpc) is 2.62. The maximum atomic E-state index is 13.3. The highest BCUT2D eigenvalue weighted by Crippen LogP contribution is 2.34. The lowest BCUT2D eigenvalue weighted by molar-refractivity contribution is 0.406. The number of nitrogens with zero attached hydrogens (tertiary/aromatic N) is 2. The van der Waals surface area contributed by atoms with Crippen molar-refractivity contribution in [2.24, 2.45) is 32.9 Å². The van der Waals surface area contributed by atoms with E-state index in [1.54, 1.807) is 24.3 Å². The van der Waals surface area contributed by atoms with Gasteiger partial charge in [-0.3, -0.25) is 0 Å². The SMILES string of the molecule is NC(N)=NC(CCCCCc1ccc(F)cc1)(N=C(N)N)c1ccc(F)cc1. The number of halogens is 2. The highest BCUT2D eigenvalue weighted by atomic mass is 19.1. The Morgan fingerprint density at radius 1 is 0.714 bits per heavy atom. The number of guanidine groups is 2. The summed E-state index contributed by atoms with van der Waals surface area (Å²) in [5.41, 5.74) is 22.9. The zero-order valence-corrected chi connectivity index (χ0v) is 15.6. The van der Waals surface area contributed by atoms with Gasteiger partial charge in [0.1, 0.15) is 11.6 Å². The number of hydrogen-bond acceptors (Lipinski definition) is 2. The summed E-state index contributed by atoms with van der Waals surface area (Å²) in [6.07, 6.45) is 3.76. The lowest BCUT2D eigenvalue weighted by Gasteiger charge is -2.27. The van der Waals surface area contributed by atoms with E-state index in [4.69, 9.17) is 22.9 Å². The summed E-state index contributed by atoms with van der Waals surface area (Å²) in [6.45, 7) is 0. The molecule has 6 nitrogen and oxygen atoms in total. The number of nitrogens with two attached hydrogens (primary N) is 4. The van der Waals surface area contributed by atoms with Gasteiger partial charge in [-0.15, -0.1) is 0 Å². The molecule has 0 aromatic heterocycles. The third-order valence-corrected chi connectivity index (χ3v) is 4.34. The van der Waals surface area contributed by atoms with Gasteiger partial charge < -0.3 is 22.9 Å². The van der Waals surface area contributed by atoms with Gasteiger partial charge in [0.05, 0.1) is 0 Å². The number of aryl methyl sites for hydroxylation is 1. The van der Waals surface area contributed by atoms with Crippen LogP contribution in [0.2, 0.25) is 0 Å². The molecule has 2 aromatic carbocycles. The van der Waals surface area contributed by atoms with Crippen molar-refractivity contribution in [3.05, 3.63) is 71.3 Å². The fourth-order valence-corrected chi connectivity index (χ4v) is 3.08. The van der Waals surface area contributed by atoms with Crippen molar-refractivity contribution in [3.8, 4) is 0 Å². The van der Waals surface area contributed by atoms with Crippen molar-refractivity contribution in [2.75, 3.05) is 0 Å². The van der Waals surface area contributed by atoms with Crippen LogP contribution in [0, 0.1) is 11.6 Å². The predicted octanol–water partition coefficient (Wildman–Crippen LogP) is 2.47. The summed E-state index contributed by atoms with van der Waals surface area (Å²) in [7, 11) is 0. The van der Waals surface area contributed by atoms with E-state index in [-0.39, 0.29) is 23.6 Å². The summed E-state index contributed by atoms with van der Waals surface area (Å²) in [5.74, 6) is -0.963. The van der Waals surface area contributed by atoms with Gasteiger partial charge in [-0.05, 0) is 55.5 Å². The maximum absolute atomic E-state index is 13.3. The molecule has 0 fully saturated rings. The Hall–Kier alpha value is -3.16. The molecular weight excluding hydrogens is 362 g/mol. The Kier molecular flexibility index (Phi) is 7.31. The van der Waals surface area contributed by atoms with E-state index in [2.05, 4.69) is 9.98 Å². The van der Waals surface area contributed by atoms with Crippen LogP contribution in [0.4, 0.5) is 8.78 Å². The van der Waals surface area contributed by atoms with Crippen molar-refractivity contribution in [1.29, 1.82) is 0 Å². The van der Waals surface area contributed by atoms with Crippen LogP contribution in [0.5, 0.6) is 0 Å². The van der Waals surface area contributed by atoms with Gasteiger partial charge in [-0.25, -0.2) is 18.8 Å². The van der Waals surface area contributed by atoms with Gasteiger partial charge in [0.2, 0.25) is 0 Å². The van der Waals surface area contributed by atoms with E-state index in [9.17, 15) is 8.78 Å². The van der Waals surface area contributed by atoms with Crippen LogP contribution < -0.4 is 22.9 Å². The van der Waals surface area contributed by atoms with E-state index in [0.29, 0.717) is 12.0 Å². The third kappa shape index (κ3) is 6.22. The quantitative estimate of drug-likeness (QED) is 0.299. The smallest absolute Gasteiger partial charge is 0.188 e. The van der Waals surface area contributed by atoms with E-state index >= 15 is 0 Å². The van der Waals surface area contributed by atoms with Gasteiger partial charge in [0, 0.05) is 5.56 Å². The van der Waals surface area contributed by atoms with E-state index in [0.717, 1.165) is 31.2 Å². The van der Waals surface area contributed by atoms with Crippen LogP contribution in [-0.2, 0) is 12.1 Å². The minimum Gasteiger partial charge on any atom is -0.370 e. The molecule has 0 aliphatic carbocycles. The van der Waals surface area contributed by atoms with Gasteiger partial charge in [0.15, 0.2) is 17.6 Å². The predicted molar refractivity (Wildman–Crippen MR) is 108 cm³/mol. The third-order valence-electron chi connectivity index (χ3n) is 4.34. The van der Waals surface area contributed by atoms with Crippen molar-refractivity contribution in [3.63, 3.8) is 0 Å². The van der Waals surface area contributed by atoms with Gasteiger partial charge >= 0.3 is 0 Å². The molecule has 0 unspecified atom stereocenters. The van der Waals surface area contributed by atoms with Gasteiger partial charge in [-0.2, -0.15) is 0 Å². The van der Waals surface area contributed by atoms with Crippen molar-refractivity contribution in [1.82, 2.24) is 0 Å². The molecule has 0 aliphatic heterocycles. The van der Waals surface area contributed by atoms with Crippen molar-refractivity contribution < 1.29 is 8.78 Å². The van der Waals surface area contributed by atoms with Crippen molar-refractivity contribution >= 4 is 11.9 Å². The topological polar surface area (TPSA) is 129 Å². The molecule has 0 saturated carbocycles. The first-order chi connectivity index (χ1) is 13.3. The molecule has 2 aromatic rings. The highest BCUT2D eigenvalue weighted by molar-refractivity contribution is 5.78. The first kappa shape index (κ1) is 21.1. The fourth-order valence-electron chi connectivity index (χ4n) is 3.08. The van der Waals surface area contributed by atoms with E-state index < -0.39 is 5.66 Å². The lowest BCUT2D eigenvalue weighted by Crippen LogP contribution is -2.35. The number of rotatable bonds is 9. The normalized spacial score (nSPS) is 11.1. The van der Waals surface area contributed by atoms with Crippen LogP contribution in [0.15, 0.2) is 58.5 Å². The summed E-state index contributed by atoms with van der Waals surface area (Å²) < 4.78 is 26.3. The van der Waals surface area contributed by atoms with Crippen molar-refractivity contribution in [2.45, 2.75) is 37.8 Å². The standard InChI is InChI=1S/C20H26F2N6/c21-16-9-5-14(6-10-16)4-2-1-3-13-20(27-18(23)24,28-19(25)26)15-7-11-17(22)12-8-15/h5-12H,1-4,13H2,(H4,23,24,27)(H4,25,26,28). The number of benzene rings is 2. The second-order valence-electron chi connectivity index (χ2n) is 6.58. The number of hydrogen-bond donors (Lipinski definition) is 4. The maximum Gasteiger partial charge on any atom is 0.188 e. The summed E-state index contributed by atoms with van der Waals surface area (Å²) in [4.78, 5) is 8.55. The molecule has 0 atom stereocenters. The largest absolute Gasteiger partial charge is 0.370 e. The zero-order chi connectivity index (χ0) is 20.6. The molecule has 0 saturated heterocycles. The molecule has 0 bridgehead atoms. The second kappa shape index (κ2) is 9.68. The summed E-state index contributed by atoms with van der Waals surface area (Å²) in [6, 6.07) is 12.2. The average molecular weight is 388 g/mol. The van der Waals surface area contributed by atoms with E-state index in [1.165, 1.54) is 24.3 Å². The Bertz CT molecular complexity index is 790. The first-order valence-corrected chi connectivity index (χ1v) is 9.03. The molecule has 0 aliphatic rings. The molecule has 150 valence electrons. The Morgan fingerprint density at radius 3 is 1.71 bits per heavy atom. The first-order valence-electron chi connectivity index (χ1n) is 9.03. The fraction of sp³-hybridized carbons (Fsp3) is 0.300. The molecule has 2 rings (SSSR count). The Labute approximate surface area is 163 Å². The molecule has 8 heteroatoms. The summed E-state index contributed by atoms with van der Waals surface area (Å²) in [5, 5.41) is 0. The van der Waals surface area contributed by atoms with Crippen LogP contribution in [0.25, 0.3) is 0 Å². The molecule has 8 N–H and O–H groups in total. The van der Waals surface area contributed by atoms with Crippen LogP contribution >= 0.6 is 0 Å². The molecule has 28 heavy (non-hydrogen) atoms. The minimum atomic E-state index is -1.21. The van der Waals surface area contributed by atoms with Gasteiger partial charge in [-0.1, -0.05) is 30.7 Å². The van der Waals surface area contributed by atoms with Crippen LogP contribution in [0.3, 0.4) is 0 Å². The molecule has 0 heterocycles. The highest BCUT2D eigenvalue weighted by Gasteiger charge is 2.31. The van der Waals surface area contributed by atoms with E-state index in [1.807, 2.05) is 0 Å². The Balaban J connectivity index is 2.10.